The van der Waals surface area contributed by atoms with Gasteiger partial charge < -0.3 is 39.2 Å². The van der Waals surface area contributed by atoms with Crippen LogP contribution in [0.15, 0.2) is 91.0 Å². The standard InChI is InChI=1S/C64H73N5O9S2/c1-10-50(70)22-19-40(4)79-80-64(6,7)24-23-60(72)65-41(5)56(71)26-39(3)61(73)66-47-28-42(36-77-57-34-55-52(25-38(57)2)63(75)69-49(35-67(55)8)31-46-16-12-14-18-54(46)69)27-43(29-47)37-78-59-32-44-20-21-48-30-45-15-11-13-17-53(45)68(48)62(74)51(44)33-58(59)76-9/h11-18,25,27-29,32-34,39-41,48-49H,10,19-24,26,30-31,36-37H2,1-9H3,(H,65,72)(H,66,73)/t39-,40?,41-,48+,49-/m0/s1. The molecule has 1 unspecified atom stereocenters. The van der Waals surface area contributed by atoms with Gasteiger partial charge in [-0.15, -0.1) is 0 Å². The summed E-state index contributed by atoms with van der Waals surface area (Å²) in [6, 6.07) is 28.1. The van der Waals surface area contributed by atoms with Crippen molar-refractivity contribution in [2.24, 2.45) is 5.92 Å². The van der Waals surface area contributed by atoms with Gasteiger partial charge in [0.1, 0.15) is 31.8 Å². The fraction of sp³-hybridized carbons (Fsp3) is 0.422. The van der Waals surface area contributed by atoms with E-state index in [0.29, 0.717) is 88.2 Å². The highest BCUT2D eigenvalue weighted by Gasteiger charge is 2.39. The van der Waals surface area contributed by atoms with E-state index in [1.165, 1.54) is 5.56 Å². The molecule has 5 aromatic carbocycles. The van der Waals surface area contributed by atoms with Crippen LogP contribution in [-0.4, -0.2) is 88.3 Å². The summed E-state index contributed by atoms with van der Waals surface area (Å²) >= 11 is 0. The highest BCUT2D eigenvalue weighted by molar-refractivity contribution is 8.77. The van der Waals surface area contributed by atoms with Crippen molar-refractivity contribution in [2.75, 3.05) is 29.3 Å². The molecule has 0 aromatic heterocycles. The van der Waals surface area contributed by atoms with E-state index >= 15 is 0 Å². The van der Waals surface area contributed by atoms with E-state index in [1.807, 2.05) is 108 Å². The van der Waals surface area contributed by atoms with Gasteiger partial charge in [-0.1, -0.05) is 84.8 Å². The summed E-state index contributed by atoms with van der Waals surface area (Å²) in [5.74, 6) is -0.0340. The van der Waals surface area contributed by atoms with Gasteiger partial charge in [-0.3, -0.25) is 28.8 Å². The van der Waals surface area contributed by atoms with Gasteiger partial charge in [0.05, 0.1) is 18.8 Å². The van der Waals surface area contributed by atoms with E-state index in [0.717, 1.165) is 47.3 Å². The van der Waals surface area contributed by atoms with E-state index in [-0.39, 0.29) is 78.1 Å². The van der Waals surface area contributed by atoms with Crippen LogP contribution in [0.5, 0.6) is 17.2 Å². The van der Waals surface area contributed by atoms with Crippen molar-refractivity contribution in [3.63, 3.8) is 0 Å². The predicted octanol–water partition coefficient (Wildman–Crippen LogP) is 11.6. The number of ether oxygens (including phenoxy) is 3. The van der Waals surface area contributed by atoms with Crippen molar-refractivity contribution in [3.05, 3.63) is 136 Å². The Balaban J connectivity index is 0.891. The first-order chi connectivity index (χ1) is 38.3. The van der Waals surface area contributed by atoms with Crippen molar-refractivity contribution in [1.82, 2.24) is 5.32 Å². The van der Waals surface area contributed by atoms with Crippen LogP contribution in [0.3, 0.4) is 0 Å². The summed E-state index contributed by atoms with van der Waals surface area (Å²) in [6.45, 7) is 13.6. The Bertz CT molecular complexity index is 3260. The fourth-order valence-electron chi connectivity index (χ4n) is 11.0. The molecular weight excluding hydrogens is 1050 g/mol. The third-order valence-corrected chi connectivity index (χ3v) is 19.6. The SMILES string of the molecule is CCC(=O)CCC(C)SSC(C)(C)CCC(=O)N[C@@H](C)C(=O)C[C@H](C)C(=O)Nc1cc(COc2cc3c(cc2C)C(=O)N2c4ccccc4C[C@H]2[C-]=[N+]3C)cc(COc2cc3c(cc2OC)C(=O)N2c4ccccc4C[C@H]2CC3)c1. The maximum absolute atomic E-state index is 14.2. The van der Waals surface area contributed by atoms with Gasteiger partial charge in [0.2, 0.25) is 17.7 Å². The number of methoxy groups -OCH3 is 1. The van der Waals surface area contributed by atoms with Crippen LogP contribution in [0.25, 0.3) is 0 Å². The number of ketones is 2. The number of aryl methyl sites for hydroxylation is 2. The minimum Gasteiger partial charge on any atom is -0.493 e. The molecule has 4 amide bonds. The number of benzene rings is 5. The molecule has 5 atom stereocenters. The zero-order chi connectivity index (χ0) is 57.0. The lowest BCUT2D eigenvalue weighted by atomic mass is 9.99. The molecule has 0 radical (unpaired) electrons. The van der Waals surface area contributed by atoms with Gasteiger partial charge in [-0.25, -0.2) is 0 Å². The normalized spacial score (nSPS) is 17.2. The number of hydrogen-bond donors (Lipinski definition) is 2. The monoisotopic (exact) mass is 1120 g/mol. The summed E-state index contributed by atoms with van der Waals surface area (Å²) < 4.78 is 20.6. The van der Waals surface area contributed by atoms with Crippen molar-refractivity contribution in [2.45, 2.75) is 154 Å². The molecule has 80 heavy (non-hydrogen) atoms. The molecular formula is C64H73N5O9S2. The second-order valence-corrected chi connectivity index (χ2v) is 25.7. The number of Topliss-reactive ketones (excluding diaryl/α,β-unsaturated/α-hetero) is 2. The number of carbonyl (C=O) groups is 6. The maximum atomic E-state index is 14.2. The molecule has 0 fully saturated rings. The predicted molar refractivity (Wildman–Crippen MR) is 317 cm³/mol. The third kappa shape index (κ3) is 13.1. The van der Waals surface area contributed by atoms with Gasteiger partial charge in [-0.2, -0.15) is 0 Å². The molecule has 5 aromatic rings. The van der Waals surface area contributed by atoms with Crippen LogP contribution in [-0.2, 0) is 51.7 Å². The largest absolute Gasteiger partial charge is 0.493 e. The number of nitrogens with one attached hydrogen (secondary N) is 2. The first-order valence-electron chi connectivity index (χ1n) is 27.9. The van der Waals surface area contributed by atoms with E-state index in [2.05, 4.69) is 49.8 Å². The zero-order valence-electron chi connectivity index (χ0n) is 47.4. The second kappa shape index (κ2) is 24.8. The molecule has 0 saturated carbocycles. The summed E-state index contributed by atoms with van der Waals surface area (Å²) in [5.41, 5.74) is 9.47. The molecule has 0 spiro atoms. The number of fused-ring (bicyclic) bond motifs is 8. The molecule has 4 aliphatic heterocycles. The van der Waals surface area contributed by atoms with Crippen LogP contribution in [0.4, 0.5) is 22.7 Å². The molecule has 0 saturated heterocycles. The van der Waals surface area contributed by atoms with Gasteiger partial charge in [0.25, 0.3) is 5.91 Å². The fourth-order valence-corrected chi connectivity index (χ4v) is 13.6. The molecule has 4 heterocycles. The minimum absolute atomic E-state index is 0.0596. The topological polar surface area (TPSA) is 164 Å². The van der Waals surface area contributed by atoms with Gasteiger partial charge in [0.15, 0.2) is 17.3 Å². The quantitative estimate of drug-likeness (QED) is 0.0363. The van der Waals surface area contributed by atoms with Crippen molar-refractivity contribution in [3.8, 4) is 17.2 Å². The Morgan fingerprint density at radius 2 is 1.46 bits per heavy atom. The zero-order valence-corrected chi connectivity index (χ0v) is 49.0. The van der Waals surface area contributed by atoms with Crippen molar-refractivity contribution < 1.29 is 47.6 Å². The molecule has 420 valence electrons. The molecule has 0 aliphatic carbocycles. The first-order valence-corrected chi connectivity index (χ1v) is 30.1. The Hall–Kier alpha value is -6.91. The highest BCUT2D eigenvalue weighted by atomic mass is 33.1. The number of amides is 4. The van der Waals surface area contributed by atoms with Crippen LogP contribution < -0.4 is 34.6 Å². The Morgan fingerprint density at radius 1 is 0.800 bits per heavy atom. The first kappa shape index (κ1) is 57.8. The number of carbonyl (C=O) groups excluding carboxylic acids is 6. The van der Waals surface area contributed by atoms with Crippen molar-refractivity contribution >= 4 is 85.7 Å². The highest BCUT2D eigenvalue weighted by Crippen LogP contribution is 2.44. The van der Waals surface area contributed by atoms with Crippen LogP contribution in [0.1, 0.15) is 141 Å². The number of rotatable bonds is 23. The number of hydrogen-bond acceptors (Lipinski definition) is 11. The van der Waals surface area contributed by atoms with Gasteiger partial charge in [-0.05, 0) is 148 Å². The van der Waals surface area contributed by atoms with Crippen molar-refractivity contribution in [1.29, 1.82) is 0 Å². The Kier molecular flexibility index (Phi) is 17.9. The second-order valence-electron chi connectivity index (χ2n) is 22.4. The van der Waals surface area contributed by atoms with Crippen LogP contribution in [0, 0.1) is 12.8 Å². The number of anilines is 3. The van der Waals surface area contributed by atoms with E-state index in [1.54, 1.807) is 48.6 Å². The summed E-state index contributed by atoms with van der Waals surface area (Å²) in [5, 5.41) is 6.19. The van der Waals surface area contributed by atoms with Gasteiger partial charge >= 0.3 is 0 Å². The molecule has 14 nitrogen and oxygen atoms in total. The summed E-state index contributed by atoms with van der Waals surface area (Å²) in [4.78, 5) is 84.6. The Labute approximate surface area is 478 Å². The molecule has 0 bridgehead atoms. The molecule has 4 aliphatic rings. The molecule has 16 heteroatoms. The average Bonchev–Trinajstić information content (AvgIpc) is 3.95. The number of para-hydroxylation sites is 2. The van der Waals surface area contributed by atoms with Crippen LogP contribution in [0.2, 0.25) is 0 Å². The molecule has 9 rings (SSSR count). The lowest BCUT2D eigenvalue weighted by Crippen LogP contribution is -2.40. The summed E-state index contributed by atoms with van der Waals surface area (Å²) in [6.07, 6.45) is 9.16. The van der Waals surface area contributed by atoms with Gasteiger partial charge in [0, 0.05) is 88.1 Å². The lowest BCUT2D eigenvalue weighted by molar-refractivity contribution is -0.401. The van der Waals surface area contributed by atoms with Crippen LogP contribution >= 0.6 is 21.6 Å². The average molecular weight is 1120 g/mol. The Morgan fingerprint density at radius 3 is 2.16 bits per heavy atom. The lowest BCUT2D eigenvalue weighted by Gasteiger charge is -2.25. The van der Waals surface area contributed by atoms with E-state index < -0.39 is 12.0 Å². The molecule has 2 N–H and O–H groups in total. The van der Waals surface area contributed by atoms with E-state index in [9.17, 15) is 28.8 Å². The smallest absolute Gasteiger partial charge is 0.258 e. The maximum Gasteiger partial charge on any atom is 0.258 e. The third-order valence-electron chi connectivity index (χ3n) is 15.6. The minimum atomic E-state index is -0.792. The van der Waals surface area contributed by atoms with E-state index in [4.69, 9.17) is 14.2 Å². The number of nitrogens with zero attached hydrogens (tertiary/aromatic N) is 3. The summed E-state index contributed by atoms with van der Waals surface area (Å²) in [7, 11) is 6.89.